The van der Waals surface area contributed by atoms with Crippen LogP contribution in [-0.4, -0.2) is 73.6 Å². The average molecular weight is 574 g/mol. The normalized spacial score (nSPS) is 14.3. The topological polar surface area (TPSA) is 133 Å². The summed E-state index contributed by atoms with van der Waals surface area (Å²) in [5, 5.41) is 11.7. The molecule has 0 saturated carbocycles. The number of hydrogen-bond donors (Lipinski definition) is 2. The van der Waals surface area contributed by atoms with Gasteiger partial charge in [-0.05, 0) is 35.2 Å². The van der Waals surface area contributed by atoms with E-state index in [9.17, 15) is 36.0 Å². The first-order chi connectivity index (χ1) is 18.2. The van der Waals surface area contributed by atoms with E-state index >= 15 is 0 Å². The van der Waals surface area contributed by atoms with Crippen LogP contribution in [0.25, 0.3) is 0 Å². The number of nitrogens with one attached hydrogen (secondary N) is 1. The zero-order valence-electron chi connectivity index (χ0n) is 21.6. The minimum atomic E-state index is -5.12. The zero-order valence-corrected chi connectivity index (χ0v) is 22.4. The van der Waals surface area contributed by atoms with Crippen LogP contribution in [0.2, 0.25) is 0 Å². The lowest BCUT2D eigenvalue weighted by molar-refractivity contribution is -0.274. The lowest BCUT2D eigenvalue weighted by atomic mass is 10.0. The van der Waals surface area contributed by atoms with Crippen molar-refractivity contribution in [3.63, 3.8) is 0 Å². The van der Waals surface area contributed by atoms with Gasteiger partial charge in [0.1, 0.15) is 11.3 Å². The van der Waals surface area contributed by atoms with E-state index in [0.29, 0.717) is 24.6 Å². The molecule has 3 rings (SSSR count). The number of carboxylic acid groups (broad SMARTS) is 1. The lowest BCUT2D eigenvalue weighted by Gasteiger charge is -2.33. The molecular weight excluding hydrogens is 543 g/mol. The number of rotatable bonds is 8. The van der Waals surface area contributed by atoms with E-state index in [2.05, 4.69) is 36.0 Å². The van der Waals surface area contributed by atoms with Gasteiger partial charge in [0.05, 0.1) is 4.90 Å². The molecule has 0 aliphatic carbocycles. The number of aromatic carboxylic acids is 1. The van der Waals surface area contributed by atoms with Gasteiger partial charge in [0, 0.05) is 39.6 Å². The molecule has 1 aliphatic heterocycles. The Kier molecular flexibility index (Phi) is 10.9. The summed E-state index contributed by atoms with van der Waals surface area (Å²) in [7, 11) is -4.13. The molecule has 2 amide bonds. The Morgan fingerprint density at radius 2 is 1.67 bits per heavy atom. The number of carboxylic acids is 1. The molecule has 0 atom stereocenters. The molecule has 0 spiro atoms. The third-order valence-electron chi connectivity index (χ3n) is 5.76. The molecule has 2 aromatic carbocycles. The average Bonchev–Trinajstić information content (AvgIpc) is 2.87. The van der Waals surface area contributed by atoms with Crippen LogP contribution in [-0.2, 0) is 26.2 Å². The third-order valence-corrected chi connectivity index (χ3v) is 7.66. The minimum absolute atomic E-state index is 0.00881. The van der Waals surface area contributed by atoms with Crippen LogP contribution in [0.5, 0.6) is 5.75 Å². The molecular formula is C25H30F3N3O7S. The van der Waals surface area contributed by atoms with Crippen molar-refractivity contribution in [1.29, 1.82) is 0 Å². The molecule has 1 aliphatic rings. The van der Waals surface area contributed by atoms with Crippen molar-refractivity contribution >= 4 is 28.3 Å². The fourth-order valence-electron chi connectivity index (χ4n) is 3.62. The molecule has 2 aromatic rings. The number of piperazine rings is 1. The number of halogens is 3. The molecule has 39 heavy (non-hydrogen) atoms. The maximum absolute atomic E-state index is 12.6. The lowest BCUT2D eigenvalue weighted by Crippen LogP contribution is -2.49. The van der Waals surface area contributed by atoms with E-state index in [0.717, 1.165) is 22.3 Å². The van der Waals surface area contributed by atoms with Crippen molar-refractivity contribution in [2.75, 3.05) is 26.2 Å². The molecule has 0 radical (unpaired) electrons. The number of carbonyl (C=O) groups is 3. The van der Waals surface area contributed by atoms with Gasteiger partial charge in [-0.2, -0.15) is 4.31 Å². The first-order valence-corrected chi connectivity index (χ1v) is 13.2. The number of amides is 2. The second-order valence-electron chi connectivity index (χ2n) is 8.82. The predicted octanol–water partition coefficient (Wildman–Crippen LogP) is 3.19. The minimum Gasteiger partial charge on any atom is -0.478 e. The van der Waals surface area contributed by atoms with Crippen molar-refractivity contribution in [1.82, 2.24) is 14.5 Å². The van der Waals surface area contributed by atoms with E-state index in [1.807, 2.05) is 12.1 Å². The standard InChI is InChI=1S/C14H15F3N2O6S.C11H15NO/c1-9(20)18-4-6-19(7-5-18)26(23,24)10-2-3-12(25-14(15,16)17)11(8-10)13(21)22;1-9(2)11-5-3-10(4-6-11)7-12-8-13/h2-3,8H,4-7H2,1H3,(H,21,22);3-6,8-9H,7H2,1-2H3,(H,12,13). The molecule has 1 saturated heterocycles. The van der Waals surface area contributed by atoms with Gasteiger partial charge in [-0.1, -0.05) is 38.1 Å². The molecule has 10 nitrogen and oxygen atoms in total. The fraction of sp³-hybridized carbons (Fsp3) is 0.400. The Morgan fingerprint density at radius 1 is 1.08 bits per heavy atom. The van der Waals surface area contributed by atoms with Crippen LogP contribution in [0.4, 0.5) is 13.2 Å². The number of carbonyl (C=O) groups excluding carboxylic acids is 2. The second kappa shape index (κ2) is 13.4. The van der Waals surface area contributed by atoms with Crippen LogP contribution in [0, 0.1) is 0 Å². The summed E-state index contributed by atoms with van der Waals surface area (Å²) in [4.78, 5) is 33.5. The third kappa shape index (κ3) is 9.25. The van der Waals surface area contributed by atoms with Crippen LogP contribution >= 0.6 is 0 Å². The quantitative estimate of drug-likeness (QED) is 0.464. The Hall–Kier alpha value is -3.65. The molecule has 2 N–H and O–H groups in total. The van der Waals surface area contributed by atoms with Crippen molar-refractivity contribution < 1.29 is 45.8 Å². The summed E-state index contributed by atoms with van der Waals surface area (Å²) in [6.07, 6.45) is -4.40. The van der Waals surface area contributed by atoms with Crippen molar-refractivity contribution in [3.05, 3.63) is 59.2 Å². The van der Waals surface area contributed by atoms with Crippen LogP contribution in [0.1, 0.15) is 48.2 Å². The summed E-state index contributed by atoms with van der Waals surface area (Å²) < 4.78 is 66.9. The summed E-state index contributed by atoms with van der Waals surface area (Å²) in [5.74, 6) is -2.41. The van der Waals surface area contributed by atoms with Gasteiger partial charge < -0.3 is 20.1 Å². The smallest absolute Gasteiger partial charge is 0.478 e. The number of nitrogens with zero attached hydrogens (tertiary/aromatic N) is 2. The number of sulfonamides is 1. The molecule has 0 aromatic heterocycles. The maximum atomic E-state index is 12.6. The summed E-state index contributed by atoms with van der Waals surface area (Å²) in [5.41, 5.74) is 1.54. The van der Waals surface area contributed by atoms with Crippen LogP contribution in [0.3, 0.4) is 0 Å². The first kappa shape index (κ1) is 31.6. The van der Waals surface area contributed by atoms with E-state index in [-0.39, 0.29) is 32.1 Å². The van der Waals surface area contributed by atoms with Crippen molar-refractivity contribution in [2.24, 2.45) is 0 Å². The van der Waals surface area contributed by atoms with Gasteiger partial charge in [-0.3, -0.25) is 9.59 Å². The van der Waals surface area contributed by atoms with Gasteiger partial charge in [0.25, 0.3) is 0 Å². The Labute approximate surface area is 224 Å². The van der Waals surface area contributed by atoms with E-state index in [4.69, 9.17) is 5.11 Å². The van der Waals surface area contributed by atoms with Gasteiger partial charge in [-0.25, -0.2) is 13.2 Å². The van der Waals surface area contributed by atoms with Crippen LogP contribution < -0.4 is 10.1 Å². The van der Waals surface area contributed by atoms with Crippen molar-refractivity contribution in [2.45, 2.75) is 44.5 Å². The number of alkyl halides is 3. The second-order valence-corrected chi connectivity index (χ2v) is 10.8. The molecule has 14 heteroatoms. The maximum Gasteiger partial charge on any atom is 0.573 e. The summed E-state index contributed by atoms with van der Waals surface area (Å²) in [6.45, 7) is 6.60. The zero-order chi connectivity index (χ0) is 29.4. The predicted molar refractivity (Wildman–Crippen MR) is 135 cm³/mol. The molecule has 214 valence electrons. The number of benzene rings is 2. The monoisotopic (exact) mass is 573 g/mol. The van der Waals surface area contributed by atoms with Crippen molar-refractivity contribution in [3.8, 4) is 5.75 Å². The number of hydrogen-bond acceptors (Lipinski definition) is 6. The van der Waals surface area contributed by atoms with Gasteiger partial charge in [0.15, 0.2) is 0 Å². The largest absolute Gasteiger partial charge is 0.573 e. The van der Waals surface area contributed by atoms with E-state index in [1.165, 1.54) is 17.4 Å². The highest BCUT2D eigenvalue weighted by Crippen LogP contribution is 2.30. The molecule has 0 unspecified atom stereocenters. The van der Waals surface area contributed by atoms with Gasteiger partial charge in [-0.15, -0.1) is 13.2 Å². The number of ether oxygens (including phenoxy) is 1. The molecule has 0 bridgehead atoms. The van der Waals surface area contributed by atoms with Gasteiger partial charge >= 0.3 is 12.3 Å². The molecule has 1 fully saturated rings. The highest BCUT2D eigenvalue weighted by molar-refractivity contribution is 7.89. The van der Waals surface area contributed by atoms with Gasteiger partial charge in [0.2, 0.25) is 22.3 Å². The van der Waals surface area contributed by atoms with Crippen LogP contribution in [0.15, 0.2) is 47.4 Å². The Balaban J connectivity index is 0.000000344. The molecule has 1 heterocycles. The SMILES string of the molecule is CC(=O)N1CCN(S(=O)(=O)c2ccc(OC(F)(F)F)c(C(=O)O)c2)CC1.CC(C)c1ccc(CNC=O)cc1. The Morgan fingerprint density at radius 3 is 2.13 bits per heavy atom. The Bertz CT molecular complexity index is 1260. The van der Waals surface area contributed by atoms with E-state index in [1.54, 1.807) is 0 Å². The first-order valence-electron chi connectivity index (χ1n) is 11.8. The summed E-state index contributed by atoms with van der Waals surface area (Å²) >= 11 is 0. The highest BCUT2D eigenvalue weighted by atomic mass is 32.2. The van der Waals surface area contributed by atoms with E-state index < -0.39 is 38.6 Å². The highest BCUT2D eigenvalue weighted by Gasteiger charge is 2.35. The fourth-order valence-corrected chi connectivity index (χ4v) is 5.07. The summed E-state index contributed by atoms with van der Waals surface area (Å²) in [6, 6.07) is 10.4.